The molecule has 0 unspecified atom stereocenters. The van der Waals surface area contributed by atoms with E-state index in [0.29, 0.717) is 6.42 Å². The summed E-state index contributed by atoms with van der Waals surface area (Å²) in [5, 5.41) is 8.53. The molecular weight excluding hydrogens is 296 g/mol. The number of carboxylic acid groups (broad SMARTS) is 1. The van der Waals surface area contributed by atoms with E-state index < -0.39 is 5.97 Å². The van der Waals surface area contributed by atoms with Crippen LogP contribution in [0.2, 0.25) is 0 Å². The van der Waals surface area contributed by atoms with Crippen molar-refractivity contribution in [2.75, 3.05) is 0 Å². The van der Waals surface area contributed by atoms with Gasteiger partial charge in [-0.2, -0.15) is 0 Å². The molecule has 0 aromatic rings. The first-order chi connectivity index (χ1) is 11.8. The van der Waals surface area contributed by atoms with Gasteiger partial charge in [-0.05, 0) is 25.7 Å². The fourth-order valence-electron chi connectivity index (χ4n) is 3.06. The lowest BCUT2D eigenvalue weighted by Crippen LogP contribution is -1.92. The zero-order valence-corrected chi connectivity index (χ0v) is 16.2. The molecule has 0 rings (SSSR count). The molecule has 0 aromatic heterocycles. The van der Waals surface area contributed by atoms with Gasteiger partial charge in [-0.3, -0.25) is 4.79 Å². The number of aliphatic carboxylic acids is 1. The zero-order chi connectivity index (χ0) is 17.7. The summed E-state index contributed by atoms with van der Waals surface area (Å²) >= 11 is 0. The average molecular weight is 339 g/mol. The minimum Gasteiger partial charge on any atom is -0.481 e. The van der Waals surface area contributed by atoms with Gasteiger partial charge in [-0.15, -0.1) is 0 Å². The summed E-state index contributed by atoms with van der Waals surface area (Å²) in [6.07, 6.45) is 27.2. The molecule has 0 atom stereocenters. The summed E-state index contributed by atoms with van der Waals surface area (Å²) < 4.78 is 0. The minimum absolute atomic E-state index is 0.295. The van der Waals surface area contributed by atoms with Crippen LogP contribution in [-0.2, 0) is 4.79 Å². The second-order valence-corrected chi connectivity index (χ2v) is 7.14. The van der Waals surface area contributed by atoms with Crippen LogP contribution in [0.1, 0.15) is 122 Å². The van der Waals surface area contributed by atoms with Crippen LogP contribution in [0.15, 0.2) is 12.2 Å². The molecule has 0 fully saturated rings. The Morgan fingerprint density at radius 1 is 0.625 bits per heavy atom. The third-order valence-electron chi connectivity index (χ3n) is 4.65. The van der Waals surface area contributed by atoms with Gasteiger partial charge in [-0.1, -0.05) is 103 Å². The molecule has 0 bridgehead atoms. The fraction of sp³-hybridized carbons (Fsp3) is 0.864. The average Bonchev–Trinajstić information content (AvgIpc) is 2.56. The maximum Gasteiger partial charge on any atom is 0.303 e. The smallest absolute Gasteiger partial charge is 0.303 e. The van der Waals surface area contributed by atoms with Gasteiger partial charge >= 0.3 is 5.97 Å². The summed E-state index contributed by atoms with van der Waals surface area (Å²) in [6.45, 7) is 2.28. The Kier molecular flexibility index (Phi) is 19.6. The third-order valence-corrected chi connectivity index (χ3v) is 4.65. The molecule has 142 valence electrons. The van der Waals surface area contributed by atoms with Crippen molar-refractivity contribution in [2.45, 2.75) is 122 Å². The van der Waals surface area contributed by atoms with E-state index in [4.69, 9.17) is 5.11 Å². The first kappa shape index (κ1) is 23.2. The van der Waals surface area contributed by atoms with Crippen molar-refractivity contribution in [1.82, 2.24) is 0 Å². The number of rotatable bonds is 19. The Hall–Kier alpha value is -0.790. The lowest BCUT2D eigenvalue weighted by atomic mass is 10.0. The van der Waals surface area contributed by atoms with Crippen LogP contribution in [0, 0.1) is 0 Å². The van der Waals surface area contributed by atoms with Gasteiger partial charge in [0.2, 0.25) is 0 Å². The maximum absolute atomic E-state index is 10.4. The molecule has 1 N–H and O–H groups in total. The summed E-state index contributed by atoms with van der Waals surface area (Å²) in [7, 11) is 0. The Morgan fingerprint density at radius 3 is 1.42 bits per heavy atom. The maximum atomic E-state index is 10.4. The molecule has 2 nitrogen and oxygen atoms in total. The number of unbranched alkanes of at least 4 members (excludes halogenated alkanes) is 15. The zero-order valence-electron chi connectivity index (χ0n) is 16.2. The highest BCUT2D eigenvalue weighted by molar-refractivity contribution is 5.66. The Morgan fingerprint density at radius 2 is 1.00 bits per heavy atom. The molecule has 0 amide bonds. The first-order valence-electron chi connectivity index (χ1n) is 10.6. The molecular formula is C22H42O2. The number of hydrogen-bond acceptors (Lipinski definition) is 1. The van der Waals surface area contributed by atoms with Gasteiger partial charge in [0.1, 0.15) is 0 Å². The standard InChI is InChI=1S/C22H42O2/c1-2-3-4-5-6-7-8-9-10-11-12-13-14-15-16-17-18-19-20-21-22(23)24/h17-18H,2-16,19-21H2,1H3,(H,23,24)/b18-17-. The molecule has 0 saturated heterocycles. The normalized spacial score (nSPS) is 11.4. The highest BCUT2D eigenvalue weighted by Crippen LogP contribution is 2.13. The lowest BCUT2D eigenvalue weighted by molar-refractivity contribution is -0.137. The third kappa shape index (κ3) is 21.2. The van der Waals surface area contributed by atoms with E-state index in [9.17, 15) is 4.79 Å². The van der Waals surface area contributed by atoms with Gasteiger partial charge < -0.3 is 5.11 Å². The fourth-order valence-corrected chi connectivity index (χ4v) is 3.06. The molecule has 24 heavy (non-hydrogen) atoms. The van der Waals surface area contributed by atoms with Crippen molar-refractivity contribution in [3.63, 3.8) is 0 Å². The van der Waals surface area contributed by atoms with E-state index in [0.717, 1.165) is 19.3 Å². The number of carbonyl (C=O) groups is 1. The topological polar surface area (TPSA) is 37.3 Å². The van der Waals surface area contributed by atoms with Crippen LogP contribution in [0.25, 0.3) is 0 Å². The second-order valence-electron chi connectivity index (χ2n) is 7.14. The van der Waals surface area contributed by atoms with Crippen molar-refractivity contribution >= 4 is 5.97 Å². The summed E-state index contributed by atoms with van der Waals surface area (Å²) in [4.78, 5) is 10.4. The van der Waals surface area contributed by atoms with Gasteiger partial charge in [0, 0.05) is 6.42 Å². The van der Waals surface area contributed by atoms with Crippen LogP contribution in [0.5, 0.6) is 0 Å². The van der Waals surface area contributed by atoms with E-state index >= 15 is 0 Å². The lowest BCUT2D eigenvalue weighted by Gasteiger charge is -2.02. The SMILES string of the molecule is CCCCCCCCCCCCCCCC/C=C\CCCC(=O)O. The highest BCUT2D eigenvalue weighted by atomic mass is 16.4. The van der Waals surface area contributed by atoms with Crippen molar-refractivity contribution < 1.29 is 9.90 Å². The number of allylic oxidation sites excluding steroid dienone is 2. The van der Waals surface area contributed by atoms with Gasteiger partial charge in [0.15, 0.2) is 0 Å². The van der Waals surface area contributed by atoms with Gasteiger partial charge in [0.05, 0.1) is 0 Å². The molecule has 0 aliphatic rings. The minimum atomic E-state index is -0.685. The van der Waals surface area contributed by atoms with E-state index in [1.165, 1.54) is 89.9 Å². The largest absolute Gasteiger partial charge is 0.481 e. The molecule has 0 radical (unpaired) electrons. The summed E-state index contributed by atoms with van der Waals surface area (Å²) in [6, 6.07) is 0. The van der Waals surface area contributed by atoms with E-state index in [2.05, 4.69) is 19.1 Å². The number of hydrogen-bond donors (Lipinski definition) is 1. The van der Waals surface area contributed by atoms with Crippen LogP contribution in [0.4, 0.5) is 0 Å². The predicted octanol–water partition coefficient (Wildman–Crippen LogP) is 7.67. The highest BCUT2D eigenvalue weighted by Gasteiger charge is 1.94. The monoisotopic (exact) mass is 338 g/mol. The molecule has 2 heteroatoms. The van der Waals surface area contributed by atoms with Gasteiger partial charge in [-0.25, -0.2) is 0 Å². The predicted molar refractivity (Wildman–Crippen MR) is 106 cm³/mol. The summed E-state index contributed by atoms with van der Waals surface area (Å²) in [5.74, 6) is -0.685. The van der Waals surface area contributed by atoms with Crippen LogP contribution in [-0.4, -0.2) is 11.1 Å². The molecule has 0 heterocycles. The van der Waals surface area contributed by atoms with Crippen molar-refractivity contribution in [3.05, 3.63) is 12.2 Å². The quantitative estimate of drug-likeness (QED) is 0.194. The Bertz CT molecular complexity index is 284. The number of carboxylic acids is 1. The molecule has 0 aromatic carbocycles. The molecule has 0 spiro atoms. The summed E-state index contributed by atoms with van der Waals surface area (Å²) in [5.41, 5.74) is 0. The van der Waals surface area contributed by atoms with Gasteiger partial charge in [0.25, 0.3) is 0 Å². The van der Waals surface area contributed by atoms with E-state index in [1.54, 1.807) is 0 Å². The molecule has 0 saturated carbocycles. The van der Waals surface area contributed by atoms with Crippen molar-refractivity contribution in [2.24, 2.45) is 0 Å². The second kappa shape index (κ2) is 20.3. The van der Waals surface area contributed by atoms with Crippen LogP contribution >= 0.6 is 0 Å². The van der Waals surface area contributed by atoms with Crippen LogP contribution in [0.3, 0.4) is 0 Å². The van der Waals surface area contributed by atoms with E-state index in [-0.39, 0.29) is 0 Å². The van der Waals surface area contributed by atoms with E-state index in [1.807, 2.05) is 0 Å². The van der Waals surface area contributed by atoms with Crippen molar-refractivity contribution in [3.8, 4) is 0 Å². The molecule has 0 aliphatic carbocycles. The molecule has 0 aliphatic heterocycles. The Labute approximate surface area is 151 Å². The van der Waals surface area contributed by atoms with Crippen LogP contribution < -0.4 is 0 Å². The first-order valence-corrected chi connectivity index (χ1v) is 10.6. The Balaban J connectivity index is 3.05. The van der Waals surface area contributed by atoms with Crippen molar-refractivity contribution in [1.29, 1.82) is 0 Å².